The quantitative estimate of drug-likeness (QED) is 0.754. The van der Waals surface area contributed by atoms with E-state index in [2.05, 4.69) is 22.0 Å². The molecule has 2 atom stereocenters. The molecule has 5 heteroatoms. The van der Waals surface area contributed by atoms with Gasteiger partial charge in [-0.15, -0.1) is 0 Å². The predicted octanol–water partition coefficient (Wildman–Crippen LogP) is 0.987. The summed E-state index contributed by atoms with van der Waals surface area (Å²) >= 11 is 2.09. The van der Waals surface area contributed by atoms with Gasteiger partial charge in [-0.05, 0) is 19.3 Å². The van der Waals surface area contributed by atoms with Crippen molar-refractivity contribution < 1.29 is 9.90 Å². The number of amides is 1. The van der Waals surface area contributed by atoms with E-state index in [1.54, 1.807) is 0 Å². The summed E-state index contributed by atoms with van der Waals surface area (Å²) in [5.74, 6) is 1.28. The van der Waals surface area contributed by atoms with Crippen molar-refractivity contribution in [2.75, 3.05) is 25.4 Å². The molecule has 0 unspecified atom stereocenters. The maximum Gasteiger partial charge on any atom is 0.239 e. The Morgan fingerprint density at radius 3 is 2.79 bits per heavy atom. The molecule has 0 radical (unpaired) electrons. The van der Waals surface area contributed by atoms with E-state index in [-0.39, 0.29) is 18.1 Å². The van der Waals surface area contributed by atoms with Crippen molar-refractivity contribution >= 4 is 17.7 Å². The van der Waals surface area contributed by atoms with Crippen molar-refractivity contribution in [2.24, 2.45) is 0 Å². The summed E-state index contributed by atoms with van der Waals surface area (Å²) in [4.78, 5) is 14.6. The molecule has 1 aliphatic carbocycles. The van der Waals surface area contributed by atoms with Gasteiger partial charge in [-0.2, -0.15) is 11.8 Å². The second kappa shape index (κ2) is 5.62. The summed E-state index contributed by atoms with van der Waals surface area (Å²) < 4.78 is 0.337. The molecule has 19 heavy (non-hydrogen) atoms. The number of thioether (sulfide) groups is 1. The highest BCUT2D eigenvalue weighted by atomic mass is 32.2. The Hall–Kier alpha value is -0.260. The first-order chi connectivity index (χ1) is 9.19. The molecule has 1 spiro atoms. The number of nitrogens with one attached hydrogen (secondary N) is 1. The van der Waals surface area contributed by atoms with Gasteiger partial charge in [0.05, 0.1) is 12.1 Å². The molecular formula is C14H24N2O2S. The summed E-state index contributed by atoms with van der Waals surface area (Å²) in [7, 11) is 0. The first-order valence-corrected chi connectivity index (χ1v) is 8.51. The van der Waals surface area contributed by atoms with E-state index in [1.807, 2.05) is 0 Å². The van der Waals surface area contributed by atoms with Crippen LogP contribution >= 0.6 is 11.8 Å². The minimum Gasteiger partial charge on any atom is -0.392 e. The number of nitrogens with zero attached hydrogens (tertiary/aromatic N) is 1. The number of hydrogen-bond donors (Lipinski definition) is 2. The van der Waals surface area contributed by atoms with Gasteiger partial charge in [0, 0.05) is 30.1 Å². The van der Waals surface area contributed by atoms with E-state index in [0.717, 1.165) is 18.8 Å². The zero-order chi connectivity index (χ0) is 13.3. The van der Waals surface area contributed by atoms with Gasteiger partial charge in [-0.25, -0.2) is 0 Å². The van der Waals surface area contributed by atoms with Crippen LogP contribution in [0.3, 0.4) is 0 Å². The standard InChI is InChI=1S/C14H24N2O2S/c17-11-8-12(15-9-11)13(18)16-6-7-19-14(10-16)4-2-1-3-5-14/h11-12,15,17H,1-10H2/t11-,12+/m0/s1. The predicted molar refractivity (Wildman–Crippen MR) is 77.3 cm³/mol. The van der Waals surface area contributed by atoms with E-state index in [0.29, 0.717) is 17.7 Å². The van der Waals surface area contributed by atoms with Crippen LogP contribution in [0.25, 0.3) is 0 Å². The average Bonchev–Trinajstić information content (AvgIpc) is 2.85. The van der Waals surface area contributed by atoms with Gasteiger partial charge in [-0.1, -0.05) is 19.3 Å². The number of hydrogen-bond acceptors (Lipinski definition) is 4. The van der Waals surface area contributed by atoms with Gasteiger partial charge >= 0.3 is 0 Å². The number of β-amino-alcohol motifs (C(OH)–C–C–N with tert-alkyl or cyclic N) is 1. The summed E-state index contributed by atoms with van der Waals surface area (Å²) in [6, 6.07) is -0.154. The molecule has 0 aromatic rings. The van der Waals surface area contributed by atoms with E-state index in [4.69, 9.17) is 0 Å². The highest BCUT2D eigenvalue weighted by Crippen LogP contribution is 2.42. The van der Waals surface area contributed by atoms with Gasteiger partial charge in [0.15, 0.2) is 0 Å². The molecule has 2 saturated heterocycles. The molecule has 1 saturated carbocycles. The van der Waals surface area contributed by atoms with Crippen LogP contribution in [0, 0.1) is 0 Å². The lowest BCUT2D eigenvalue weighted by atomic mass is 9.87. The second-order valence-corrected chi connectivity index (χ2v) is 7.77. The molecule has 0 aromatic heterocycles. The third-order valence-electron chi connectivity index (χ3n) is 4.73. The van der Waals surface area contributed by atoms with Crippen molar-refractivity contribution in [1.82, 2.24) is 10.2 Å². The van der Waals surface area contributed by atoms with Crippen LogP contribution in [0.1, 0.15) is 38.5 Å². The maximum absolute atomic E-state index is 12.5. The molecule has 0 aromatic carbocycles. The lowest BCUT2D eigenvalue weighted by Crippen LogP contribution is -2.53. The number of carbonyl (C=O) groups excluding carboxylic acids is 1. The van der Waals surface area contributed by atoms with E-state index >= 15 is 0 Å². The largest absolute Gasteiger partial charge is 0.392 e. The third-order valence-corrected chi connectivity index (χ3v) is 6.27. The van der Waals surface area contributed by atoms with Gasteiger partial charge in [0.2, 0.25) is 5.91 Å². The minimum absolute atomic E-state index is 0.154. The topological polar surface area (TPSA) is 52.6 Å². The highest BCUT2D eigenvalue weighted by molar-refractivity contribution is 8.00. The Morgan fingerprint density at radius 2 is 2.11 bits per heavy atom. The maximum atomic E-state index is 12.5. The lowest BCUT2D eigenvalue weighted by molar-refractivity contribution is -0.133. The molecule has 3 aliphatic rings. The fraction of sp³-hybridized carbons (Fsp3) is 0.929. The summed E-state index contributed by atoms with van der Waals surface area (Å²) in [6.45, 7) is 2.36. The van der Waals surface area contributed by atoms with Crippen molar-refractivity contribution in [1.29, 1.82) is 0 Å². The first kappa shape index (κ1) is 13.7. The summed E-state index contributed by atoms with van der Waals surface area (Å²) in [5.41, 5.74) is 0. The normalized spacial score (nSPS) is 34.7. The van der Waals surface area contributed by atoms with Crippen LogP contribution in [-0.2, 0) is 4.79 Å². The summed E-state index contributed by atoms with van der Waals surface area (Å²) in [6.07, 6.45) is 6.74. The van der Waals surface area contributed by atoms with Crippen molar-refractivity contribution in [3.05, 3.63) is 0 Å². The van der Waals surface area contributed by atoms with Crippen LogP contribution < -0.4 is 5.32 Å². The minimum atomic E-state index is -0.350. The van der Waals surface area contributed by atoms with E-state index < -0.39 is 0 Å². The number of carbonyl (C=O) groups is 1. The zero-order valence-electron chi connectivity index (χ0n) is 11.4. The average molecular weight is 284 g/mol. The van der Waals surface area contributed by atoms with Gasteiger partial charge in [0.1, 0.15) is 0 Å². The van der Waals surface area contributed by atoms with Crippen LogP contribution in [0.2, 0.25) is 0 Å². The van der Waals surface area contributed by atoms with Crippen molar-refractivity contribution in [3.63, 3.8) is 0 Å². The zero-order valence-corrected chi connectivity index (χ0v) is 12.3. The fourth-order valence-electron chi connectivity index (χ4n) is 3.66. The molecule has 3 fully saturated rings. The van der Waals surface area contributed by atoms with Gasteiger partial charge in [0.25, 0.3) is 0 Å². The Balaban J connectivity index is 1.62. The molecule has 2 N–H and O–H groups in total. The molecule has 1 amide bonds. The molecule has 108 valence electrons. The SMILES string of the molecule is O=C([C@H]1C[C@H](O)CN1)N1CCSC2(CCCCC2)C1. The molecule has 4 nitrogen and oxygen atoms in total. The Labute approximate surface area is 119 Å². The van der Waals surface area contributed by atoms with Gasteiger partial charge < -0.3 is 15.3 Å². The van der Waals surface area contributed by atoms with E-state index in [9.17, 15) is 9.90 Å². The van der Waals surface area contributed by atoms with Crippen molar-refractivity contribution in [3.8, 4) is 0 Å². The van der Waals surface area contributed by atoms with Crippen LogP contribution in [0.4, 0.5) is 0 Å². The molecule has 0 bridgehead atoms. The van der Waals surface area contributed by atoms with Crippen molar-refractivity contribution in [2.45, 2.75) is 55.4 Å². The monoisotopic (exact) mass is 284 g/mol. The fourth-order valence-corrected chi connectivity index (χ4v) is 5.23. The molecule has 3 rings (SSSR count). The smallest absolute Gasteiger partial charge is 0.239 e. The Bertz CT molecular complexity index is 339. The number of aliphatic hydroxyl groups is 1. The first-order valence-electron chi connectivity index (χ1n) is 7.53. The molecular weight excluding hydrogens is 260 g/mol. The van der Waals surface area contributed by atoms with Crippen LogP contribution in [0.15, 0.2) is 0 Å². The summed E-state index contributed by atoms with van der Waals surface area (Å²) in [5, 5.41) is 12.7. The van der Waals surface area contributed by atoms with E-state index in [1.165, 1.54) is 32.1 Å². The van der Waals surface area contributed by atoms with Gasteiger partial charge in [-0.3, -0.25) is 4.79 Å². The second-order valence-electron chi connectivity index (χ2n) is 6.20. The van der Waals surface area contributed by atoms with Crippen LogP contribution in [-0.4, -0.2) is 58.2 Å². The molecule has 2 aliphatic heterocycles. The Morgan fingerprint density at radius 1 is 1.32 bits per heavy atom. The highest BCUT2D eigenvalue weighted by Gasteiger charge is 2.41. The third kappa shape index (κ3) is 2.93. The number of rotatable bonds is 1. The Kier molecular flexibility index (Phi) is 4.06. The lowest BCUT2D eigenvalue weighted by Gasteiger charge is -2.45. The molecule has 2 heterocycles. The van der Waals surface area contributed by atoms with Crippen LogP contribution in [0.5, 0.6) is 0 Å². The number of aliphatic hydroxyl groups excluding tert-OH is 1.